The molecule has 4 nitrogen and oxygen atoms in total. The molecule has 112 valence electrons. The largest absolute Gasteiger partial charge is 0.378 e. The van der Waals surface area contributed by atoms with E-state index < -0.39 is 11.6 Å². The number of hydrogen-bond donors (Lipinski definition) is 2. The molecule has 0 aromatic heterocycles. The van der Waals surface area contributed by atoms with Gasteiger partial charge in [-0.3, -0.25) is 4.79 Å². The van der Waals surface area contributed by atoms with Crippen molar-refractivity contribution < 1.29 is 18.3 Å². The third-order valence-corrected chi connectivity index (χ3v) is 2.92. The quantitative estimate of drug-likeness (QED) is 0.884. The number of amides is 1. The topological polar surface area (TPSA) is 50.4 Å². The van der Waals surface area contributed by atoms with E-state index in [1.54, 1.807) is 0 Å². The zero-order chi connectivity index (χ0) is 13.7. The van der Waals surface area contributed by atoms with Crippen molar-refractivity contribution in [3.63, 3.8) is 0 Å². The second kappa shape index (κ2) is 8.14. The molecule has 1 aromatic carbocycles. The van der Waals surface area contributed by atoms with Gasteiger partial charge in [0.15, 0.2) is 0 Å². The van der Waals surface area contributed by atoms with E-state index in [0.29, 0.717) is 13.2 Å². The molecule has 1 aromatic rings. The summed E-state index contributed by atoms with van der Waals surface area (Å²) in [4.78, 5) is 11.7. The molecule has 1 saturated heterocycles. The van der Waals surface area contributed by atoms with E-state index in [-0.39, 0.29) is 42.9 Å². The van der Waals surface area contributed by atoms with E-state index in [4.69, 9.17) is 4.74 Å². The third-order valence-electron chi connectivity index (χ3n) is 2.92. The summed E-state index contributed by atoms with van der Waals surface area (Å²) in [5.74, 6) is -1.47. The Kier molecular flexibility index (Phi) is 6.84. The lowest BCUT2D eigenvalue weighted by atomic mass is 10.1. The van der Waals surface area contributed by atoms with Gasteiger partial charge in [0.05, 0.1) is 13.2 Å². The maximum absolute atomic E-state index is 13.3. The summed E-state index contributed by atoms with van der Waals surface area (Å²) >= 11 is 0. The zero-order valence-corrected chi connectivity index (χ0v) is 11.6. The van der Waals surface area contributed by atoms with Crippen LogP contribution in [-0.4, -0.2) is 31.7 Å². The van der Waals surface area contributed by atoms with Gasteiger partial charge < -0.3 is 15.4 Å². The van der Waals surface area contributed by atoms with Crippen LogP contribution >= 0.6 is 12.4 Å². The van der Waals surface area contributed by atoms with Crippen LogP contribution in [0.2, 0.25) is 0 Å². The minimum atomic E-state index is -0.653. The second-order valence-corrected chi connectivity index (χ2v) is 4.44. The van der Waals surface area contributed by atoms with Gasteiger partial charge in [-0.1, -0.05) is 6.07 Å². The highest BCUT2D eigenvalue weighted by molar-refractivity contribution is 5.85. The second-order valence-electron chi connectivity index (χ2n) is 4.44. The molecular formula is C13H17ClF2N2O2. The van der Waals surface area contributed by atoms with Crippen molar-refractivity contribution in [1.82, 2.24) is 10.6 Å². The summed E-state index contributed by atoms with van der Waals surface area (Å²) < 4.78 is 31.3. The molecule has 1 heterocycles. The molecule has 1 fully saturated rings. The first-order chi connectivity index (χ1) is 9.15. The fourth-order valence-corrected chi connectivity index (χ4v) is 1.91. The Morgan fingerprint density at radius 3 is 2.90 bits per heavy atom. The molecule has 0 bridgehead atoms. The van der Waals surface area contributed by atoms with Crippen molar-refractivity contribution >= 4 is 18.3 Å². The number of nitrogens with one attached hydrogen (secondary N) is 2. The van der Waals surface area contributed by atoms with Crippen LogP contribution in [0.3, 0.4) is 0 Å². The van der Waals surface area contributed by atoms with Crippen LogP contribution in [-0.2, 0) is 16.1 Å². The average Bonchev–Trinajstić information content (AvgIpc) is 2.39. The number of hydrogen-bond acceptors (Lipinski definition) is 3. The Balaban J connectivity index is 0.00000200. The summed E-state index contributed by atoms with van der Waals surface area (Å²) in [7, 11) is 0. The van der Waals surface area contributed by atoms with E-state index in [0.717, 1.165) is 12.6 Å². The highest BCUT2D eigenvalue weighted by Crippen LogP contribution is 2.09. The van der Waals surface area contributed by atoms with E-state index in [1.165, 1.54) is 12.1 Å². The monoisotopic (exact) mass is 306 g/mol. The van der Waals surface area contributed by atoms with Gasteiger partial charge in [-0.05, 0) is 6.07 Å². The van der Waals surface area contributed by atoms with Crippen molar-refractivity contribution in [2.75, 3.05) is 19.8 Å². The first-order valence-corrected chi connectivity index (χ1v) is 6.17. The molecule has 1 aliphatic rings. The summed E-state index contributed by atoms with van der Waals surface area (Å²) in [6, 6.07) is 3.29. The minimum Gasteiger partial charge on any atom is -0.378 e. The molecule has 0 saturated carbocycles. The van der Waals surface area contributed by atoms with Crippen LogP contribution in [0.5, 0.6) is 0 Å². The van der Waals surface area contributed by atoms with Gasteiger partial charge in [0.1, 0.15) is 11.6 Å². The molecule has 0 radical (unpaired) electrons. The van der Waals surface area contributed by atoms with E-state index in [9.17, 15) is 13.6 Å². The normalized spacial score (nSPS) is 18.2. The average molecular weight is 307 g/mol. The lowest BCUT2D eigenvalue weighted by molar-refractivity contribution is -0.122. The molecule has 0 spiro atoms. The summed E-state index contributed by atoms with van der Waals surface area (Å²) in [6.45, 7) is 1.93. The van der Waals surface area contributed by atoms with Gasteiger partial charge in [0.2, 0.25) is 5.91 Å². The highest BCUT2D eigenvalue weighted by atomic mass is 35.5. The fourth-order valence-electron chi connectivity index (χ4n) is 1.91. The Morgan fingerprint density at radius 1 is 1.45 bits per heavy atom. The number of carbonyl (C=O) groups is 1. The Morgan fingerprint density at radius 2 is 2.25 bits per heavy atom. The van der Waals surface area contributed by atoms with Crippen molar-refractivity contribution in [3.05, 3.63) is 35.4 Å². The number of halogens is 3. The maximum Gasteiger partial charge on any atom is 0.221 e. The summed E-state index contributed by atoms with van der Waals surface area (Å²) in [5, 5.41) is 5.77. The molecule has 1 unspecified atom stereocenters. The SMILES string of the molecule is Cl.O=C(CC1COCCN1)NCc1ccc(F)cc1F. The van der Waals surface area contributed by atoms with Crippen LogP contribution < -0.4 is 10.6 Å². The Bertz CT molecular complexity index is 454. The van der Waals surface area contributed by atoms with Crippen molar-refractivity contribution in [2.45, 2.75) is 19.0 Å². The summed E-state index contributed by atoms with van der Waals surface area (Å²) in [6.07, 6.45) is 0.281. The molecule has 1 aliphatic heterocycles. The maximum atomic E-state index is 13.3. The van der Waals surface area contributed by atoms with Gasteiger partial charge in [-0.15, -0.1) is 12.4 Å². The van der Waals surface area contributed by atoms with Gasteiger partial charge in [0, 0.05) is 37.2 Å². The van der Waals surface area contributed by atoms with Crippen LogP contribution in [0.15, 0.2) is 18.2 Å². The Labute approximate surface area is 122 Å². The molecule has 0 aliphatic carbocycles. The van der Waals surface area contributed by atoms with E-state index in [1.807, 2.05) is 0 Å². The van der Waals surface area contributed by atoms with E-state index in [2.05, 4.69) is 10.6 Å². The highest BCUT2D eigenvalue weighted by Gasteiger charge is 2.16. The molecule has 2 rings (SSSR count). The molecule has 1 atom stereocenters. The third kappa shape index (κ3) is 5.03. The zero-order valence-electron chi connectivity index (χ0n) is 10.8. The number of benzene rings is 1. The Hall–Kier alpha value is -1.24. The van der Waals surface area contributed by atoms with Crippen molar-refractivity contribution in [3.8, 4) is 0 Å². The molecule has 1 amide bonds. The molecular weight excluding hydrogens is 290 g/mol. The number of morpholine rings is 1. The number of carbonyl (C=O) groups excluding carboxylic acids is 1. The van der Waals surface area contributed by atoms with Gasteiger partial charge >= 0.3 is 0 Å². The van der Waals surface area contributed by atoms with Gasteiger partial charge in [-0.25, -0.2) is 8.78 Å². The fraction of sp³-hybridized carbons (Fsp3) is 0.462. The summed E-state index contributed by atoms with van der Waals surface area (Å²) in [5.41, 5.74) is 0.266. The van der Waals surface area contributed by atoms with Gasteiger partial charge in [0.25, 0.3) is 0 Å². The smallest absolute Gasteiger partial charge is 0.221 e. The lowest BCUT2D eigenvalue weighted by Gasteiger charge is -2.23. The van der Waals surface area contributed by atoms with Crippen LogP contribution in [0.4, 0.5) is 8.78 Å². The van der Waals surface area contributed by atoms with Gasteiger partial charge in [-0.2, -0.15) is 0 Å². The lowest BCUT2D eigenvalue weighted by Crippen LogP contribution is -2.44. The minimum absolute atomic E-state index is 0. The van der Waals surface area contributed by atoms with Crippen LogP contribution in [0.25, 0.3) is 0 Å². The standard InChI is InChI=1S/C13H16F2N2O2.ClH/c14-10-2-1-9(12(15)5-10)7-17-13(18)6-11-8-19-4-3-16-11;/h1-2,5,11,16H,3-4,6-8H2,(H,17,18);1H. The van der Waals surface area contributed by atoms with Crippen LogP contribution in [0, 0.1) is 11.6 Å². The molecule has 2 N–H and O–H groups in total. The predicted octanol–water partition coefficient (Wildman–Crippen LogP) is 1.38. The molecule has 20 heavy (non-hydrogen) atoms. The van der Waals surface area contributed by atoms with Crippen molar-refractivity contribution in [1.29, 1.82) is 0 Å². The first-order valence-electron chi connectivity index (χ1n) is 6.17. The predicted molar refractivity (Wildman–Crippen MR) is 72.7 cm³/mol. The molecule has 7 heteroatoms. The first kappa shape index (κ1) is 16.8. The van der Waals surface area contributed by atoms with E-state index >= 15 is 0 Å². The van der Waals surface area contributed by atoms with Crippen molar-refractivity contribution in [2.24, 2.45) is 0 Å². The number of ether oxygens (including phenoxy) is 1. The number of rotatable bonds is 4. The van der Waals surface area contributed by atoms with Crippen LogP contribution in [0.1, 0.15) is 12.0 Å².